The second-order valence-electron chi connectivity index (χ2n) is 5.11. The Morgan fingerprint density at radius 1 is 1.32 bits per heavy atom. The predicted molar refractivity (Wildman–Crippen MR) is 76.9 cm³/mol. The first-order chi connectivity index (χ1) is 9.16. The molecule has 19 heavy (non-hydrogen) atoms. The van der Waals surface area contributed by atoms with Gasteiger partial charge in [-0.3, -0.25) is 4.79 Å². The van der Waals surface area contributed by atoms with E-state index in [2.05, 4.69) is 5.32 Å². The van der Waals surface area contributed by atoms with Crippen LogP contribution in [0.1, 0.15) is 39.0 Å². The van der Waals surface area contributed by atoms with E-state index in [1.54, 1.807) is 19.1 Å². The van der Waals surface area contributed by atoms with E-state index in [1.165, 1.54) is 19.3 Å². The molecule has 3 N–H and O–H groups in total. The molecule has 0 radical (unpaired) electrons. The van der Waals surface area contributed by atoms with E-state index in [1.807, 2.05) is 12.1 Å². The maximum atomic E-state index is 12.0. The lowest BCUT2D eigenvalue weighted by Gasteiger charge is -2.25. The molecule has 0 heterocycles. The highest BCUT2D eigenvalue weighted by Crippen LogP contribution is 2.22. The van der Waals surface area contributed by atoms with Gasteiger partial charge in [-0.25, -0.2) is 0 Å². The minimum Gasteiger partial charge on any atom is -0.397 e. The monoisotopic (exact) mass is 262 g/mol. The molecule has 1 atom stereocenters. The van der Waals surface area contributed by atoms with Crippen LogP contribution in [0.25, 0.3) is 0 Å². The van der Waals surface area contributed by atoms with E-state index >= 15 is 0 Å². The van der Waals surface area contributed by atoms with Crippen LogP contribution >= 0.6 is 0 Å². The molecule has 1 unspecified atom stereocenters. The largest absolute Gasteiger partial charge is 0.397 e. The molecule has 1 aromatic carbocycles. The number of nitrogens with one attached hydrogen (secondary N) is 1. The van der Waals surface area contributed by atoms with Gasteiger partial charge in [-0.1, -0.05) is 31.4 Å². The molecule has 1 amide bonds. The first-order valence-corrected chi connectivity index (χ1v) is 6.97. The van der Waals surface area contributed by atoms with Gasteiger partial charge in [0.1, 0.15) is 6.10 Å². The number of benzene rings is 1. The van der Waals surface area contributed by atoms with E-state index in [4.69, 9.17) is 10.5 Å². The third-order valence-corrected chi connectivity index (χ3v) is 3.54. The number of hydrogen-bond acceptors (Lipinski definition) is 3. The third-order valence-electron chi connectivity index (χ3n) is 3.54. The highest BCUT2D eigenvalue weighted by Gasteiger charge is 2.21. The van der Waals surface area contributed by atoms with Crippen LogP contribution < -0.4 is 11.1 Å². The number of anilines is 2. The van der Waals surface area contributed by atoms with Crippen molar-refractivity contribution >= 4 is 17.3 Å². The Morgan fingerprint density at radius 2 is 2.00 bits per heavy atom. The van der Waals surface area contributed by atoms with Crippen LogP contribution in [0.3, 0.4) is 0 Å². The fraction of sp³-hybridized carbons (Fsp3) is 0.533. The minimum atomic E-state index is -0.442. The van der Waals surface area contributed by atoms with Gasteiger partial charge in [-0.15, -0.1) is 0 Å². The maximum Gasteiger partial charge on any atom is 0.253 e. The Labute approximate surface area is 114 Å². The van der Waals surface area contributed by atoms with Gasteiger partial charge in [0.25, 0.3) is 5.91 Å². The summed E-state index contributed by atoms with van der Waals surface area (Å²) >= 11 is 0. The lowest BCUT2D eigenvalue weighted by Crippen LogP contribution is -2.32. The fourth-order valence-corrected chi connectivity index (χ4v) is 2.40. The molecule has 0 spiro atoms. The van der Waals surface area contributed by atoms with Crippen molar-refractivity contribution in [2.24, 2.45) is 0 Å². The number of hydrogen-bond donors (Lipinski definition) is 2. The van der Waals surface area contributed by atoms with Gasteiger partial charge in [-0.2, -0.15) is 0 Å². The van der Waals surface area contributed by atoms with Crippen LogP contribution in [-0.2, 0) is 9.53 Å². The quantitative estimate of drug-likeness (QED) is 0.820. The Morgan fingerprint density at radius 3 is 2.68 bits per heavy atom. The van der Waals surface area contributed by atoms with E-state index in [0.29, 0.717) is 11.4 Å². The molecule has 1 aliphatic rings. The molecule has 0 saturated heterocycles. The van der Waals surface area contributed by atoms with Crippen molar-refractivity contribution in [3.63, 3.8) is 0 Å². The van der Waals surface area contributed by atoms with Gasteiger partial charge >= 0.3 is 0 Å². The molecule has 0 aromatic heterocycles. The van der Waals surface area contributed by atoms with Crippen molar-refractivity contribution in [2.45, 2.75) is 51.2 Å². The molecule has 0 aliphatic heterocycles. The average molecular weight is 262 g/mol. The van der Waals surface area contributed by atoms with E-state index < -0.39 is 6.10 Å². The standard InChI is InChI=1S/C15H22N2O2/c1-11(19-12-7-3-2-4-8-12)15(18)17-14-10-6-5-9-13(14)16/h5-6,9-12H,2-4,7-8,16H2,1H3,(H,17,18). The fourth-order valence-electron chi connectivity index (χ4n) is 2.40. The van der Waals surface area contributed by atoms with E-state index in [-0.39, 0.29) is 12.0 Å². The van der Waals surface area contributed by atoms with Crippen LogP contribution in [0, 0.1) is 0 Å². The van der Waals surface area contributed by atoms with Crippen LogP contribution in [0.15, 0.2) is 24.3 Å². The molecule has 2 rings (SSSR count). The topological polar surface area (TPSA) is 64.3 Å². The number of nitrogen functional groups attached to an aromatic ring is 1. The van der Waals surface area contributed by atoms with Gasteiger partial charge < -0.3 is 15.8 Å². The number of carbonyl (C=O) groups is 1. The number of amides is 1. The Bertz CT molecular complexity index is 428. The second kappa shape index (κ2) is 6.57. The third kappa shape index (κ3) is 3.96. The van der Waals surface area contributed by atoms with Crippen molar-refractivity contribution in [3.05, 3.63) is 24.3 Å². The smallest absolute Gasteiger partial charge is 0.253 e. The number of para-hydroxylation sites is 2. The van der Waals surface area contributed by atoms with Crippen molar-refractivity contribution in [1.29, 1.82) is 0 Å². The normalized spacial score (nSPS) is 17.9. The number of nitrogens with two attached hydrogens (primary N) is 1. The van der Waals surface area contributed by atoms with Gasteiger partial charge in [0, 0.05) is 0 Å². The number of carbonyl (C=O) groups excluding carboxylic acids is 1. The average Bonchev–Trinajstić information content (AvgIpc) is 2.42. The lowest BCUT2D eigenvalue weighted by atomic mass is 9.97. The molecule has 0 bridgehead atoms. The summed E-state index contributed by atoms with van der Waals surface area (Å²) in [6.07, 6.45) is 5.58. The second-order valence-corrected chi connectivity index (χ2v) is 5.11. The number of ether oxygens (including phenoxy) is 1. The molecule has 1 aromatic rings. The van der Waals surface area contributed by atoms with Gasteiger partial charge in [0.2, 0.25) is 0 Å². The summed E-state index contributed by atoms with van der Waals surface area (Å²) in [7, 11) is 0. The summed E-state index contributed by atoms with van der Waals surface area (Å²) in [6.45, 7) is 1.79. The summed E-state index contributed by atoms with van der Waals surface area (Å²) in [5.74, 6) is -0.136. The first-order valence-electron chi connectivity index (χ1n) is 6.97. The van der Waals surface area contributed by atoms with Crippen LogP contribution in [0.4, 0.5) is 11.4 Å². The van der Waals surface area contributed by atoms with E-state index in [0.717, 1.165) is 12.8 Å². The molecule has 1 saturated carbocycles. The molecule has 1 fully saturated rings. The van der Waals surface area contributed by atoms with Crippen LogP contribution in [-0.4, -0.2) is 18.1 Å². The summed E-state index contributed by atoms with van der Waals surface area (Å²) in [6, 6.07) is 7.24. The summed E-state index contributed by atoms with van der Waals surface area (Å²) in [4.78, 5) is 12.0. The van der Waals surface area contributed by atoms with E-state index in [9.17, 15) is 4.79 Å². The highest BCUT2D eigenvalue weighted by molar-refractivity contribution is 5.96. The summed E-state index contributed by atoms with van der Waals surface area (Å²) in [5, 5.41) is 2.81. The zero-order valence-electron chi connectivity index (χ0n) is 11.4. The van der Waals surface area contributed by atoms with Gasteiger partial charge in [0.05, 0.1) is 17.5 Å². The number of rotatable bonds is 4. The Hall–Kier alpha value is -1.55. The SMILES string of the molecule is CC(OC1CCCCC1)C(=O)Nc1ccccc1N. The molecule has 4 nitrogen and oxygen atoms in total. The Kier molecular flexibility index (Phi) is 4.80. The summed E-state index contributed by atoms with van der Waals surface area (Å²) in [5.41, 5.74) is 7.01. The van der Waals surface area contributed by atoms with Crippen molar-refractivity contribution in [3.8, 4) is 0 Å². The van der Waals surface area contributed by atoms with Crippen molar-refractivity contribution < 1.29 is 9.53 Å². The van der Waals surface area contributed by atoms with Crippen molar-refractivity contribution in [1.82, 2.24) is 0 Å². The molecular weight excluding hydrogens is 240 g/mol. The van der Waals surface area contributed by atoms with Gasteiger partial charge in [0.15, 0.2) is 0 Å². The molecule has 104 valence electrons. The Balaban J connectivity index is 1.87. The first kappa shape index (κ1) is 13.9. The van der Waals surface area contributed by atoms with Gasteiger partial charge in [-0.05, 0) is 31.9 Å². The zero-order valence-corrected chi connectivity index (χ0v) is 11.4. The molecule has 1 aliphatic carbocycles. The summed E-state index contributed by atoms with van der Waals surface area (Å²) < 4.78 is 5.81. The van der Waals surface area contributed by atoms with Crippen LogP contribution in [0.5, 0.6) is 0 Å². The van der Waals surface area contributed by atoms with Crippen LogP contribution in [0.2, 0.25) is 0 Å². The molecular formula is C15H22N2O2. The zero-order chi connectivity index (χ0) is 13.7. The lowest BCUT2D eigenvalue weighted by molar-refractivity contribution is -0.131. The predicted octanol–water partition coefficient (Wildman–Crippen LogP) is 2.95. The highest BCUT2D eigenvalue weighted by atomic mass is 16.5. The van der Waals surface area contributed by atoms with Crippen molar-refractivity contribution in [2.75, 3.05) is 11.1 Å². The maximum absolute atomic E-state index is 12.0. The minimum absolute atomic E-state index is 0.136. The molecule has 4 heteroatoms.